The topological polar surface area (TPSA) is 75.2 Å². The highest BCUT2D eigenvalue weighted by Crippen LogP contribution is 2.35. The molecule has 0 bridgehead atoms. The fourth-order valence-corrected chi connectivity index (χ4v) is 4.06. The van der Waals surface area contributed by atoms with Gasteiger partial charge in [-0.2, -0.15) is 9.37 Å². The molecule has 33 heavy (non-hydrogen) atoms. The van der Waals surface area contributed by atoms with E-state index in [2.05, 4.69) is 30.5 Å². The lowest BCUT2D eigenvalue weighted by atomic mass is 10.1. The second-order valence-electron chi connectivity index (χ2n) is 8.26. The van der Waals surface area contributed by atoms with E-state index in [0.29, 0.717) is 17.8 Å². The molecule has 3 heterocycles. The molecule has 0 amide bonds. The third-order valence-corrected chi connectivity index (χ3v) is 5.75. The summed E-state index contributed by atoms with van der Waals surface area (Å²) in [5.41, 5.74) is 3.50. The number of halogens is 2. The van der Waals surface area contributed by atoms with Gasteiger partial charge in [-0.05, 0) is 36.6 Å². The largest absolute Gasteiger partial charge is 0.433 e. The predicted octanol–water partition coefficient (Wildman–Crippen LogP) is 4.05. The Morgan fingerprint density at radius 1 is 1.06 bits per heavy atom. The minimum Gasteiger partial charge on any atom is -0.433 e. The van der Waals surface area contributed by atoms with Gasteiger partial charge in [-0.15, -0.1) is 0 Å². The summed E-state index contributed by atoms with van der Waals surface area (Å²) in [4.78, 5) is 14.5. The predicted molar refractivity (Wildman–Crippen MR) is 121 cm³/mol. The van der Waals surface area contributed by atoms with Gasteiger partial charge in [0.2, 0.25) is 5.82 Å². The molecule has 0 saturated carbocycles. The highest BCUT2D eigenvalue weighted by molar-refractivity contribution is 5.66. The lowest BCUT2D eigenvalue weighted by Gasteiger charge is -2.27. The number of hydrogen-bond acceptors (Lipinski definition) is 7. The van der Waals surface area contributed by atoms with E-state index in [9.17, 15) is 4.39 Å². The van der Waals surface area contributed by atoms with Crippen LogP contribution in [-0.4, -0.2) is 46.0 Å². The number of anilines is 2. The van der Waals surface area contributed by atoms with Crippen molar-refractivity contribution >= 4 is 17.7 Å². The van der Waals surface area contributed by atoms with Gasteiger partial charge in [-0.3, -0.25) is 4.90 Å². The quantitative estimate of drug-likeness (QED) is 0.587. The van der Waals surface area contributed by atoms with Gasteiger partial charge in [0, 0.05) is 44.5 Å². The number of aromatic nitrogens is 3. The summed E-state index contributed by atoms with van der Waals surface area (Å²) >= 11 is 0. The number of ether oxygens (including phenoxy) is 1. The van der Waals surface area contributed by atoms with E-state index in [-0.39, 0.29) is 17.4 Å². The lowest BCUT2D eigenvalue weighted by Crippen LogP contribution is -2.42. The van der Waals surface area contributed by atoms with Crippen molar-refractivity contribution in [2.24, 2.45) is 0 Å². The van der Waals surface area contributed by atoms with Crippen LogP contribution in [0.3, 0.4) is 0 Å². The van der Waals surface area contributed by atoms with E-state index < -0.39 is 11.6 Å². The number of nitrogens with one attached hydrogen (secondary N) is 2. The average molecular weight is 450 g/mol. The first kappa shape index (κ1) is 21.4. The molecule has 1 saturated heterocycles. The molecule has 170 valence electrons. The molecular weight excluding hydrogens is 426 g/mol. The molecule has 1 aliphatic heterocycles. The molecule has 0 atom stereocenters. The monoisotopic (exact) mass is 450 g/mol. The summed E-state index contributed by atoms with van der Waals surface area (Å²) in [5, 5.41) is 6.18. The molecule has 0 radical (unpaired) electrons. The second kappa shape index (κ2) is 9.21. The van der Waals surface area contributed by atoms with Crippen LogP contribution in [0.5, 0.6) is 11.6 Å². The van der Waals surface area contributed by atoms with Crippen LogP contribution < -0.4 is 15.4 Å². The SMILES string of the molecule is CC1=Cc2c(ccc(Oc3ncnc(Nc4ccc(CN5CCNCC5)cn4)c3F)c2F)C1. The van der Waals surface area contributed by atoms with Crippen molar-refractivity contribution in [3.05, 3.63) is 70.7 Å². The number of nitrogens with zero attached hydrogens (tertiary/aromatic N) is 4. The molecule has 7 nitrogen and oxygen atoms in total. The molecule has 1 aromatic carbocycles. The summed E-state index contributed by atoms with van der Waals surface area (Å²) in [5.74, 6) is -1.46. The smallest absolute Gasteiger partial charge is 0.261 e. The standard InChI is InChI=1S/C24H24F2N6O/c1-15-10-17-3-4-19(21(25)18(17)11-15)33-24-22(26)23(29-14-30-24)31-20-5-2-16(12-28-20)13-32-8-6-27-7-9-32/h2-5,11-12,14,27H,6-10,13H2,1H3,(H,28,29,30,31). The number of fused-ring (bicyclic) bond motifs is 1. The van der Waals surface area contributed by atoms with Gasteiger partial charge in [0.25, 0.3) is 5.88 Å². The van der Waals surface area contributed by atoms with Crippen LogP contribution in [-0.2, 0) is 13.0 Å². The molecule has 1 fully saturated rings. The third-order valence-electron chi connectivity index (χ3n) is 5.75. The fraction of sp³-hybridized carbons (Fsp3) is 0.292. The Balaban J connectivity index is 1.30. The average Bonchev–Trinajstić information content (AvgIpc) is 3.21. The first-order valence-corrected chi connectivity index (χ1v) is 10.9. The lowest BCUT2D eigenvalue weighted by molar-refractivity contribution is 0.233. The number of benzene rings is 1. The van der Waals surface area contributed by atoms with E-state index in [1.54, 1.807) is 24.4 Å². The molecule has 2 aromatic heterocycles. The maximum Gasteiger partial charge on any atom is 0.261 e. The van der Waals surface area contributed by atoms with Crippen LogP contribution in [0.15, 0.2) is 42.4 Å². The van der Waals surface area contributed by atoms with E-state index in [0.717, 1.165) is 55.8 Å². The molecule has 9 heteroatoms. The minimum absolute atomic E-state index is 0.0846. The van der Waals surface area contributed by atoms with Gasteiger partial charge < -0.3 is 15.4 Å². The zero-order valence-electron chi connectivity index (χ0n) is 18.2. The van der Waals surface area contributed by atoms with E-state index >= 15 is 4.39 Å². The molecule has 2 aliphatic rings. The highest BCUT2D eigenvalue weighted by Gasteiger charge is 2.21. The van der Waals surface area contributed by atoms with Crippen LogP contribution in [0, 0.1) is 11.6 Å². The molecule has 2 N–H and O–H groups in total. The second-order valence-corrected chi connectivity index (χ2v) is 8.26. The van der Waals surface area contributed by atoms with Crippen molar-refractivity contribution in [1.29, 1.82) is 0 Å². The van der Waals surface area contributed by atoms with Crippen LogP contribution in [0.25, 0.3) is 6.08 Å². The zero-order chi connectivity index (χ0) is 22.8. The summed E-state index contributed by atoms with van der Waals surface area (Å²) < 4.78 is 35.3. The number of hydrogen-bond donors (Lipinski definition) is 2. The van der Waals surface area contributed by atoms with Gasteiger partial charge in [-0.25, -0.2) is 14.4 Å². The Morgan fingerprint density at radius 2 is 1.91 bits per heavy atom. The number of piperazine rings is 1. The summed E-state index contributed by atoms with van der Waals surface area (Å²) in [6, 6.07) is 7.00. The van der Waals surface area contributed by atoms with Crippen LogP contribution >= 0.6 is 0 Å². The Morgan fingerprint density at radius 3 is 2.70 bits per heavy atom. The van der Waals surface area contributed by atoms with Gasteiger partial charge >= 0.3 is 0 Å². The molecule has 3 aromatic rings. The highest BCUT2D eigenvalue weighted by atomic mass is 19.1. The molecule has 1 aliphatic carbocycles. The summed E-state index contributed by atoms with van der Waals surface area (Å²) in [6.07, 6.45) is 5.40. The number of pyridine rings is 1. The summed E-state index contributed by atoms with van der Waals surface area (Å²) in [7, 11) is 0. The number of rotatable bonds is 6. The molecule has 5 rings (SSSR count). The normalized spacial score (nSPS) is 15.8. The molecular formula is C24H24F2N6O. The summed E-state index contributed by atoms with van der Waals surface area (Å²) in [6.45, 7) is 6.71. The van der Waals surface area contributed by atoms with Gasteiger partial charge in [0.15, 0.2) is 17.4 Å². The van der Waals surface area contributed by atoms with Crippen molar-refractivity contribution in [1.82, 2.24) is 25.2 Å². The van der Waals surface area contributed by atoms with Gasteiger partial charge in [0.05, 0.1) is 0 Å². The molecule has 0 spiro atoms. The maximum atomic E-state index is 15.0. The Hall–Kier alpha value is -3.43. The first-order chi connectivity index (χ1) is 16.1. The van der Waals surface area contributed by atoms with Crippen molar-refractivity contribution in [3.63, 3.8) is 0 Å². The van der Waals surface area contributed by atoms with Crippen molar-refractivity contribution < 1.29 is 13.5 Å². The van der Waals surface area contributed by atoms with Gasteiger partial charge in [0.1, 0.15) is 12.1 Å². The third kappa shape index (κ3) is 4.69. The van der Waals surface area contributed by atoms with Crippen LogP contribution in [0.2, 0.25) is 0 Å². The van der Waals surface area contributed by atoms with E-state index in [1.807, 2.05) is 13.0 Å². The number of allylic oxidation sites excluding steroid dienone is 1. The Kier molecular flexibility index (Phi) is 5.97. The van der Waals surface area contributed by atoms with E-state index in [1.165, 1.54) is 6.07 Å². The Labute approximate surface area is 190 Å². The Bertz CT molecular complexity index is 1190. The zero-order valence-corrected chi connectivity index (χ0v) is 18.2. The van der Waals surface area contributed by atoms with E-state index in [4.69, 9.17) is 4.74 Å². The van der Waals surface area contributed by atoms with Gasteiger partial charge in [-0.1, -0.05) is 23.8 Å². The van der Waals surface area contributed by atoms with Crippen LogP contribution in [0.4, 0.5) is 20.4 Å². The maximum absolute atomic E-state index is 15.0. The van der Waals surface area contributed by atoms with Crippen molar-refractivity contribution in [3.8, 4) is 11.6 Å². The minimum atomic E-state index is -0.823. The van der Waals surface area contributed by atoms with Crippen molar-refractivity contribution in [2.75, 3.05) is 31.5 Å². The first-order valence-electron chi connectivity index (χ1n) is 10.9. The molecule has 0 unspecified atom stereocenters. The fourth-order valence-electron chi connectivity index (χ4n) is 4.06. The van der Waals surface area contributed by atoms with Crippen molar-refractivity contribution in [2.45, 2.75) is 19.9 Å². The van der Waals surface area contributed by atoms with Crippen LogP contribution in [0.1, 0.15) is 23.6 Å².